The first kappa shape index (κ1) is 10.6. The van der Waals surface area contributed by atoms with Gasteiger partial charge in [0.05, 0.1) is 0 Å². The van der Waals surface area contributed by atoms with Crippen molar-refractivity contribution in [1.82, 2.24) is 10.3 Å². The molecule has 2 nitrogen and oxygen atoms in total. The molecule has 1 aliphatic rings. The van der Waals surface area contributed by atoms with Gasteiger partial charge < -0.3 is 10.3 Å². The minimum absolute atomic E-state index is 0.995. The molecule has 88 valence electrons. The Morgan fingerprint density at radius 2 is 2.12 bits per heavy atom. The summed E-state index contributed by atoms with van der Waals surface area (Å²) in [6, 6.07) is 8.59. The van der Waals surface area contributed by atoms with Gasteiger partial charge in [0.1, 0.15) is 0 Å². The second kappa shape index (κ2) is 4.38. The van der Waals surface area contributed by atoms with Gasteiger partial charge in [0, 0.05) is 28.7 Å². The highest BCUT2D eigenvalue weighted by Gasteiger charge is 2.15. The summed E-state index contributed by atoms with van der Waals surface area (Å²) in [6.07, 6.45) is 4.57. The van der Waals surface area contributed by atoms with Crippen molar-refractivity contribution in [2.75, 3.05) is 13.1 Å². The van der Waals surface area contributed by atoms with Gasteiger partial charge in [0.25, 0.3) is 0 Å². The van der Waals surface area contributed by atoms with Crippen LogP contribution in [0.4, 0.5) is 0 Å². The lowest BCUT2D eigenvalue weighted by Gasteiger charge is -2.15. The van der Waals surface area contributed by atoms with Crippen molar-refractivity contribution >= 4 is 16.5 Å². The van der Waals surface area contributed by atoms with E-state index in [2.05, 4.69) is 47.6 Å². The van der Waals surface area contributed by atoms with Crippen molar-refractivity contribution in [2.45, 2.75) is 19.8 Å². The van der Waals surface area contributed by atoms with Gasteiger partial charge in [0.2, 0.25) is 0 Å². The van der Waals surface area contributed by atoms with Gasteiger partial charge in [-0.05, 0) is 31.0 Å². The standard InChI is InChI=1S/C15H18N2/c1-2-13-15(11-6-5-9-16-10-11)12-7-3-4-8-14(12)17-13/h3-4,6-8,16-17H,2,5,9-10H2,1H3. The lowest BCUT2D eigenvalue weighted by atomic mass is 9.98. The van der Waals surface area contributed by atoms with Crippen LogP contribution in [0.1, 0.15) is 24.6 Å². The van der Waals surface area contributed by atoms with E-state index in [0.717, 1.165) is 25.9 Å². The zero-order valence-corrected chi connectivity index (χ0v) is 10.2. The fourth-order valence-corrected chi connectivity index (χ4v) is 2.66. The second-order valence-electron chi connectivity index (χ2n) is 4.57. The normalized spacial score (nSPS) is 16.2. The molecule has 1 aromatic heterocycles. The highest BCUT2D eigenvalue weighted by Crippen LogP contribution is 2.30. The first-order valence-electron chi connectivity index (χ1n) is 6.40. The van der Waals surface area contributed by atoms with E-state index in [1.165, 1.54) is 27.7 Å². The predicted molar refractivity (Wildman–Crippen MR) is 73.1 cm³/mol. The SMILES string of the molecule is CCc1[nH]c2ccccc2c1C1=CCCNC1. The number of para-hydroxylation sites is 1. The number of hydrogen-bond donors (Lipinski definition) is 2. The van der Waals surface area contributed by atoms with Crippen LogP contribution in [0.5, 0.6) is 0 Å². The van der Waals surface area contributed by atoms with Gasteiger partial charge in [-0.15, -0.1) is 0 Å². The maximum absolute atomic E-state index is 3.54. The largest absolute Gasteiger partial charge is 0.358 e. The van der Waals surface area contributed by atoms with Crippen molar-refractivity contribution in [1.29, 1.82) is 0 Å². The van der Waals surface area contributed by atoms with Crippen LogP contribution in [0.3, 0.4) is 0 Å². The van der Waals surface area contributed by atoms with Crippen LogP contribution in [0.25, 0.3) is 16.5 Å². The third kappa shape index (κ3) is 1.79. The van der Waals surface area contributed by atoms with E-state index in [1.54, 1.807) is 0 Å². The number of nitrogens with one attached hydrogen (secondary N) is 2. The average Bonchev–Trinajstić information content (AvgIpc) is 2.78. The van der Waals surface area contributed by atoms with Gasteiger partial charge in [0.15, 0.2) is 0 Å². The first-order valence-corrected chi connectivity index (χ1v) is 6.40. The Morgan fingerprint density at radius 3 is 2.88 bits per heavy atom. The number of fused-ring (bicyclic) bond motifs is 1. The van der Waals surface area contributed by atoms with E-state index in [9.17, 15) is 0 Å². The Bertz CT molecular complexity index is 563. The predicted octanol–water partition coefficient (Wildman–Crippen LogP) is 3.11. The number of benzene rings is 1. The lowest BCUT2D eigenvalue weighted by molar-refractivity contribution is 0.739. The molecule has 0 fully saturated rings. The Kier molecular flexibility index (Phi) is 2.73. The fraction of sp³-hybridized carbons (Fsp3) is 0.333. The Hall–Kier alpha value is -1.54. The monoisotopic (exact) mass is 226 g/mol. The van der Waals surface area contributed by atoms with Crippen LogP contribution in [0.2, 0.25) is 0 Å². The summed E-state index contributed by atoms with van der Waals surface area (Å²) in [5.41, 5.74) is 5.49. The van der Waals surface area contributed by atoms with Crippen molar-refractivity contribution in [3.63, 3.8) is 0 Å². The molecule has 0 unspecified atom stereocenters. The third-order valence-corrected chi connectivity index (χ3v) is 3.49. The van der Waals surface area contributed by atoms with Crippen molar-refractivity contribution in [2.24, 2.45) is 0 Å². The lowest BCUT2D eigenvalue weighted by Crippen LogP contribution is -2.21. The van der Waals surface area contributed by atoms with Gasteiger partial charge in [-0.3, -0.25) is 0 Å². The smallest absolute Gasteiger partial charge is 0.0462 e. The Balaban J connectivity index is 2.21. The van der Waals surface area contributed by atoms with Crippen LogP contribution in [0, 0.1) is 0 Å². The highest BCUT2D eigenvalue weighted by molar-refractivity contribution is 5.94. The molecule has 2 N–H and O–H groups in total. The summed E-state index contributed by atoms with van der Waals surface area (Å²) in [5.74, 6) is 0. The molecule has 0 radical (unpaired) electrons. The van der Waals surface area contributed by atoms with Crippen LogP contribution < -0.4 is 5.32 Å². The van der Waals surface area contributed by atoms with E-state index in [-0.39, 0.29) is 0 Å². The summed E-state index contributed by atoms with van der Waals surface area (Å²) in [4.78, 5) is 3.54. The molecule has 2 heterocycles. The van der Waals surface area contributed by atoms with E-state index in [1.807, 2.05) is 0 Å². The molecular formula is C15H18N2. The number of H-pyrrole nitrogens is 1. The molecule has 0 spiro atoms. The van der Waals surface area contributed by atoms with Crippen LogP contribution in [-0.4, -0.2) is 18.1 Å². The Labute approximate surface area is 102 Å². The summed E-state index contributed by atoms with van der Waals surface area (Å²) in [7, 11) is 0. The van der Waals surface area contributed by atoms with Gasteiger partial charge in [-0.1, -0.05) is 31.2 Å². The summed E-state index contributed by atoms with van der Waals surface area (Å²) in [6.45, 7) is 4.31. The molecule has 0 aliphatic carbocycles. The van der Waals surface area contributed by atoms with Crippen LogP contribution in [0.15, 0.2) is 30.3 Å². The van der Waals surface area contributed by atoms with Crippen molar-refractivity contribution in [3.05, 3.63) is 41.6 Å². The highest BCUT2D eigenvalue weighted by atomic mass is 14.9. The molecule has 17 heavy (non-hydrogen) atoms. The van der Waals surface area contributed by atoms with E-state index in [0.29, 0.717) is 0 Å². The van der Waals surface area contributed by atoms with Gasteiger partial charge >= 0.3 is 0 Å². The molecular weight excluding hydrogens is 208 g/mol. The summed E-state index contributed by atoms with van der Waals surface area (Å²) < 4.78 is 0. The number of aromatic nitrogens is 1. The molecule has 2 aromatic rings. The van der Waals surface area contributed by atoms with Crippen molar-refractivity contribution < 1.29 is 0 Å². The molecule has 0 saturated carbocycles. The number of hydrogen-bond acceptors (Lipinski definition) is 1. The zero-order valence-electron chi connectivity index (χ0n) is 10.2. The Morgan fingerprint density at radius 1 is 1.24 bits per heavy atom. The summed E-state index contributed by atoms with van der Waals surface area (Å²) >= 11 is 0. The van der Waals surface area contributed by atoms with Gasteiger partial charge in [-0.2, -0.15) is 0 Å². The number of aromatic amines is 1. The molecule has 0 bridgehead atoms. The molecule has 0 saturated heterocycles. The molecule has 2 heteroatoms. The fourth-order valence-electron chi connectivity index (χ4n) is 2.66. The average molecular weight is 226 g/mol. The number of aryl methyl sites for hydroxylation is 1. The minimum atomic E-state index is 0.995. The maximum atomic E-state index is 3.54. The van der Waals surface area contributed by atoms with E-state index in [4.69, 9.17) is 0 Å². The van der Waals surface area contributed by atoms with E-state index >= 15 is 0 Å². The second-order valence-corrected chi connectivity index (χ2v) is 4.57. The topological polar surface area (TPSA) is 27.8 Å². The van der Waals surface area contributed by atoms with Crippen LogP contribution in [-0.2, 0) is 6.42 Å². The molecule has 0 atom stereocenters. The zero-order chi connectivity index (χ0) is 11.7. The summed E-state index contributed by atoms with van der Waals surface area (Å²) in [5, 5.41) is 4.82. The quantitative estimate of drug-likeness (QED) is 0.809. The number of rotatable bonds is 2. The van der Waals surface area contributed by atoms with Crippen molar-refractivity contribution in [3.8, 4) is 0 Å². The molecule has 0 amide bonds. The molecule has 3 rings (SSSR count). The van der Waals surface area contributed by atoms with Crippen LogP contribution >= 0.6 is 0 Å². The molecule has 1 aliphatic heterocycles. The molecule has 1 aromatic carbocycles. The van der Waals surface area contributed by atoms with Gasteiger partial charge in [-0.25, -0.2) is 0 Å². The maximum Gasteiger partial charge on any atom is 0.0462 e. The third-order valence-electron chi connectivity index (χ3n) is 3.49. The first-order chi connectivity index (χ1) is 8.40. The minimum Gasteiger partial charge on any atom is -0.358 e. The van der Waals surface area contributed by atoms with E-state index < -0.39 is 0 Å².